The van der Waals surface area contributed by atoms with Gasteiger partial charge in [-0.1, -0.05) is 0 Å². The van der Waals surface area contributed by atoms with Crippen molar-refractivity contribution in [2.24, 2.45) is 0 Å². The largest absolute Gasteiger partial charge is 0.472 e. The first-order chi connectivity index (χ1) is 9.33. The van der Waals surface area contributed by atoms with Crippen LogP contribution < -0.4 is 0 Å². The van der Waals surface area contributed by atoms with Crippen molar-refractivity contribution in [1.82, 2.24) is 4.98 Å². The third-order valence-corrected chi connectivity index (χ3v) is 3.95. The zero-order valence-electron chi connectivity index (χ0n) is 10.2. The lowest BCUT2D eigenvalue weighted by Gasteiger charge is -2.03. The molecular weight excluding hydrogens is 266 g/mol. The molecule has 3 heterocycles. The number of hydrogen-bond donors (Lipinski definition) is 0. The van der Waals surface area contributed by atoms with Crippen LogP contribution in [0, 0.1) is 0 Å². The number of hydrogen-bond acceptors (Lipinski definition) is 6. The molecule has 0 bridgehead atoms. The second-order valence-electron chi connectivity index (χ2n) is 4.27. The van der Waals surface area contributed by atoms with Crippen molar-refractivity contribution < 1.29 is 18.7 Å². The Hall–Kier alpha value is -1.66. The van der Waals surface area contributed by atoms with Gasteiger partial charge in [0, 0.05) is 12.2 Å². The lowest BCUT2D eigenvalue weighted by Crippen LogP contribution is -2.02. The minimum Gasteiger partial charge on any atom is -0.472 e. The van der Waals surface area contributed by atoms with Gasteiger partial charge in [-0.3, -0.25) is 0 Å². The topological polar surface area (TPSA) is 61.6 Å². The van der Waals surface area contributed by atoms with Gasteiger partial charge in [-0.15, -0.1) is 11.3 Å². The first kappa shape index (κ1) is 12.4. The Morgan fingerprint density at radius 3 is 3.26 bits per heavy atom. The molecule has 2 aromatic rings. The fraction of sp³-hybridized carbons (Fsp3) is 0.385. The van der Waals surface area contributed by atoms with Crippen LogP contribution in [0.5, 0.6) is 0 Å². The molecule has 19 heavy (non-hydrogen) atoms. The number of carbonyl (C=O) groups is 1. The average molecular weight is 279 g/mol. The molecule has 0 radical (unpaired) electrons. The van der Waals surface area contributed by atoms with Crippen LogP contribution in [0.2, 0.25) is 0 Å². The lowest BCUT2D eigenvalue weighted by atomic mass is 10.2. The van der Waals surface area contributed by atoms with Gasteiger partial charge in [0.25, 0.3) is 0 Å². The maximum Gasteiger partial charge on any atom is 0.350 e. The number of thiazole rings is 1. The highest BCUT2D eigenvalue weighted by molar-refractivity contribution is 7.13. The summed E-state index contributed by atoms with van der Waals surface area (Å²) in [5.41, 5.74) is 0.831. The van der Waals surface area contributed by atoms with Gasteiger partial charge in [-0.05, 0) is 18.9 Å². The number of rotatable bonds is 4. The average Bonchev–Trinajstić information content (AvgIpc) is 3.14. The van der Waals surface area contributed by atoms with Gasteiger partial charge in [-0.2, -0.15) is 0 Å². The zero-order valence-corrected chi connectivity index (χ0v) is 11.0. The second kappa shape index (κ2) is 5.54. The Balaban J connectivity index is 1.60. The van der Waals surface area contributed by atoms with Gasteiger partial charge in [0.05, 0.1) is 18.7 Å². The SMILES string of the molecule is O=C(OCc1ccoc1)c1cnc([C@H]2CCCO2)s1. The second-order valence-corrected chi connectivity index (χ2v) is 5.33. The van der Waals surface area contributed by atoms with Crippen LogP contribution in [0.1, 0.15) is 39.2 Å². The summed E-state index contributed by atoms with van der Waals surface area (Å²) in [6, 6.07) is 1.76. The van der Waals surface area contributed by atoms with E-state index >= 15 is 0 Å². The van der Waals surface area contributed by atoms with E-state index in [9.17, 15) is 4.79 Å². The molecular formula is C13H13NO4S. The van der Waals surface area contributed by atoms with Crippen LogP contribution in [0.3, 0.4) is 0 Å². The number of carbonyl (C=O) groups excluding carboxylic acids is 1. The zero-order chi connectivity index (χ0) is 13.1. The molecule has 5 nitrogen and oxygen atoms in total. The maximum atomic E-state index is 11.8. The first-order valence-corrected chi connectivity index (χ1v) is 6.90. The van der Waals surface area contributed by atoms with Crippen molar-refractivity contribution in [3.05, 3.63) is 40.2 Å². The molecule has 6 heteroatoms. The Bertz CT molecular complexity index is 543. The van der Waals surface area contributed by atoms with E-state index in [1.54, 1.807) is 24.8 Å². The monoisotopic (exact) mass is 279 g/mol. The molecule has 1 fully saturated rings. The summed E-state index contributed by atoms with van der Waals surface area (Å²) < 4.78 is 15.6. The highest BCUT2D eigenvalue weighted by Gasteiger charge is 2.22. The fourth-order valence-electron chi connectivity index (χ4n) is 1.90. The van der Waals surface area contributed by atoms with E-state index in [0.29, 0.717) is 4.88 Å². The van der Waals surface area contributed by atoms with Crippen molar-refractivity contribution >= 4 is 17.3 Å². The predicted molar refractivity (Wildman–Crippen MR) is 67.9 cm³/mol. The van der Waals surface area contributed by atoms with Gasteiger partial charge < -0.3 is 13.9 Å². The standard InChI is InChI=1S/C13H13NO4S/c15-13(18-8-9-3-5-16-7-9)11-6-14-12(19-11)10-2-1-4-17-10/h3,5-7,10H,1-2,4,8H2/t10-/m1/s1. The molecule has 0 saturated carbocycles. The Kier molecular flexibility index (Phi) is 3.61. The van der Waals surface area contributed by atoms with Crippen molar-refractivity contribution in [3.63, 3.8) is 0 Å². The first-order valence-electron chi connectivity index (χ1n) is 6.08. The van der Waals surface area contributed by atoms with Crippen molar-refractivity contribution in [2.45, 2.75) is 25.6 Å². The Morgan fingerprint density at radius 1 is 1.58 bits per heavy atom. The number of ether oxygens (including phenoxy) is 2. The number of aromatic nitrogens is 1. The van der Waals surface area contributed by atoms with E-state index in [2.05, 4.69) is 4.98 Å². The molecule has 0 aromatic carbocycles. The number of nitrogens with zero attached hydrogens (tertiary/aromatic N) is 1. The Morgan fingerprint density at radius 2 is 2.53 bits per heavy atom. The van der Waals surface area contributed by atoms with Crippen LogP contribution >= 0.6 is 11.3 Å². The van der Waals surface area contributed by atoms with E-state index in [0.717, 1.165) is 30.0 Å². The molecule has 0 N–H and O–H groups in total. The van der Waals surface area contributed by atoms with Crippen LogP contribution in [0.25, 0.3) is 0 Å². The summed E-state index contributed by atoms with van der Waals surface area (Å²) in [6.45, 7) is 0.979. The minimum atomic E-state index is -0.358. The van der Waals surface area contributed by atoms with Crippen molar-refractivity contribution in [3.8, 4) is 0 Å². The van der Waals surface area contributed by atoms with Crippen molar-refractivity contribution in [2.75, 3.05) is 6.61 Å². The van der Waals surface area contributed by atoms with Crippen LogP contribution in [-0.4, -0.2) is 17.6 Å². The number of furan rings is 1. The lowest BCUT2D eigenvalue weighted by molar-refractivity contribution is 0.0477. The summed E-state index contributed by atoms with van der Waals surface area (Å²) in [7, 11) is 0. The van der Waals surface area contributed by atoms with E-state index in [1.165, 1.54) is 11.3 Å². The molecule has 2 aromatic heterocycles. The normalized spacial score (nSPS) is 18.6. The van der Waals surface area contributed by atoms with E-state index in [4.69, 9.17) is 13.9 Å². The molecule has 0 spiro atoms. The van der Waals surface area contributed by atoms with E-state index in [-0.39, 0.29) is 18.7 Å². The van der Waals surface area contributed by atoms with Gasteiger partial charge >= 0.3 is 5.97 Å². The summed E-state index contributed by atoms with van der Waals surface area (Å²) in [5, 5.41) is 0.854. The predicted octanol–water partition coefficient (Wildman–Crippen LogP) is 2.94. The third-order valence-electron chi connectivity index (χ3n) is 2.88. The molecule has 100 valence electrons. The van der Waals surface area contributed by atoms with Gasteiger partial charge in [0.2, 0.25) is 0 Å². The third kappa shape index (κ3) is 2.85. The maximum absolute atomic E-state index is 11.8. The molecule has 1 aliphatic heterocycles. The highest BCUT2D eigenvalue weighted by Crippen LogP contribution is 2.31. The molecule has 1 atom stereocenters. The van der Waals surface area contributed by atoms with Crippen LogP contribution in [0.4, 0.5) is 0 Å². The Labute approximate surface area is 114 Å². The smallest absolute Gasteiger partial charge is 0.350 e. The van der Waals surface area contributed by atoms with Crippen LogP contribution in [0.15, 0.2) is 29.2 Å². The van der Waals surface area contributed by atoms with Crippen LogP contribution in [-0.2, 0) is 16.1 Å². The van der Waals surface area contributed by atoms with Gasteiger partial charge in [-0.25, -0.2) is 9.78 Å². The molecule has 0 amide bonds. The molecule has 0 unspecified atom stereocenters. The summed E-state index contributed by atoms with van der Waals surface area (Å²) in [5.74, 6) is -0.358. The minimum absolute atomic E-state index is 0.0421. The van der Waals surface area contributed by atoms with Gasteiger partial charge in [0.1, 0.15) is 22.6 Å². The summed E-state index contributed by atoms with van der Waals surface area (Å²) >= 11 is 1.34. The van der Waals surface area contributed by atoms with E-state index < -0.39 is 0 Å². The molecule has 1 saturated heterocycles. The van der Waals surface area contributed by atoms with E-state index in [1.807, 2.05) is 0 Å². The summed E-state index contributed by atoms with van der Waals surface area (Å²) in [6.07, 6.45) is 6.71. The fourth-order valence-corrected chi connectivity index (χ4v) is 2.79. The quantitative estimate of drug-likeness (QED) is 0.805. The molecule has 3 rings (SSSR count). The number of esters is 1. The highest BCUT2D eigenvalue weighted by atomic mass is 32.1. The summed E-state index contributed by atoms with van der Waals surface area (Å²) in [4.78, 5) is 16.6. The van der Waals surface area contributed by atoms with Gasteiger partial charge in [0.15, 0.2) is 0 Å². The molecule has 0 aliphatic carbocycles. The van der Waals surface area contributed by atoms with Crippen molar-refractivity contribution in [1.29, 1.82) is 0 Å². The molecule has 1 aliphatic rings.